The van der Waals surface area contributed by atoms with Crippen LogP contribution in [0.15, 0.2) is 30.3 Å². The van der Waals surface area contributed by atoms with Crippen molar-refractivity contribution in [3.63, 3.8) is 0 Å². The zero-order chi connectivity index (χ0) is 24.2. The number of carbonyl (C=O) groups excluding carboxylic acids is 2. The number of piperidine rings is 1. The highest BCUT2D eigenvalue weighted by Crippen LogP contribution is 2.26. The molecule has 2 aliphatic rings. The molecule has 34 heavy (non-hydrogen) atoms. The predicted octanol–water partition coefficient (Wildman–Crippen LogP) is 4.94. The standard InChI is InChI=1S/C29H39N3O2/c1-20-9-10-27(17-23(20)4)30-28(33)11-14-31-12-5-8-25(18-31)29(34)32-13-6-7-24-15-21(2)22(3)16-26(24)19-32/h9-10,15-17,25H,5-8,11-14,18-19H2,1-4H3,(H,30,33). The van der Waals surface area contributed by atoms with Crippen molar-refractivity contribution in [1.82, 2.24) is 9.80 Å². The number of benzene rings is 2. The van der Waals surface area contributed by atoms with Crippen molar-refractivity contribution in [2.45, 2.75) is 66.3 Å². The monoisotopic (exact) mass is 461 g/mol. The van der Waals surface area contributed by atoms with Crippen LogP contribution in [-0.2, 0) is 22.6 Å². The number of fused-ring (bicyclic) bond motifs is 1. The van der Waals surface area contributed by atoms with E-state index in [-0.39, 0.29) is 17.7 Å². The largest absolute Gasteiger partial charge is 0.338 e. The van der Waals surface area contributed by atoms with Crippen LogP contribution in [0.5, 0.6) is 0 Å². The summed E-state index contributed by atoms with van der Waals surface area (Å²) < 4.78 is 0. The molecule has 0 aliphatic carbocycles. The van der Waals surface area contributed by atoms with Gasteiger partial charge in [0.1, 0.15) is 0 Å². The Morgan fingerprint density at radius 1 is 0.912 bits per heavy atom. The molecule has 5 heteroatoms. The molecule has 1 atom stereocenters. The van der Waals surface area contributed by atoms with E-state index in [0.29, 0.717) is 13.0 Å². The molecule has 5 nitrogen and oxygen atoms in total. The highest BCUT2D eigenvalue weighted by atomic mass is 16.2. The Kier molecular flexibility index (Phi) is 7.72. The third kappa shape index (κ3) is 5.87. The summed E-state index contributed by atoms with van der Waals surface area (Å²) in [6, 6.07) is 10.6. The van der Waals surface area contributed by atoms with Crippen molar-refractivity contribution in [1.29, 1.82) is 0 Å². The number of hydrogen-bond acceptors (Lipinski definition) is 3. The van der Waals surface area contributed by atoms with Crippen LogP contribution in [0, 0.1) is 33.6 Å². The first kappa shape index (κ1) is 24.5. The summed E-state index contributed by atoms with van der Waals surface area (Å²) in [5.41, 5.74) is 8.60. The molecule has 1 saturated heterocycles. The van der Waals surface area contributed by atoms with Gasteiger partial charge >= 0.3 is 0 Å². The maximum absolute atomic E-state index is 13.5. The Bertz CT molecular complexity index is 1060. The van der Waals surface area contributed by atoms with Gasteiger partial charge in [-0.05, 0) is 105 Å². The van der Waals surface area contributed by atoms with Crippen molar-refractivity contribution in [2.24, 2.45) is 5.92 Å². The number of amides is 2. The Morgan fingerprint density at radius 3 is 2.41 bits per heavy atom. The molecule has 1 fully saturated rings. The summed E-state index contributed by atoms with van der Waals surface area (Å²) in [6.45, 7) is 12.4. The molecular weight excluding hydrogens is 422 g/mol. The fourth-order valence-electron chi connectivity index (χ4n) is 5.27. The third-order valence-electron chi connectivity index (χ3n) is 7.66. The second kappa shape index (κ2) is 10.7. The lowest BCUT2D eigenvalue weighted by Crippen LogP contribution is -2.45. The zero-order valence-electron chi connectivity index (χ0n) is 21.2. The van der Waals surface area contributed by atoms with Gasteiger partial charge in [0.2, 0.25) is 11.8 Å². The van der Waals surface area contributed by atoms with Crippen molar-refractivity contribution < 1.29 is 9.59 Å². The van der Waals surface area contributed by atoms with E-state index in [1.165, 1.54) is 33.4 Å². The Hall–Kier alpha value is -2.66. The molecule has 2 aliphatic heterocycles. The first-order valence-electron chi connectivity index (χ1n) is 12.8. The van der Waals surface area contributed by atoms with Crippen LogP contribution >= 0.6 is 0 Å². The molecular formula is C29H39N3O2. The predicted molar refractivity (Wildman–Crippen MR) is 138 cm³/mol. The van der Waals surface area contributed by atoms with E-state index >= 15 is 0 Å². The average Bonchev–Trinajstić information content (AvgIpc) is 3.02. The van der Waals surface area contributed by atoms with Gasteiger partial charge in [0, 0.05) is 38.3 Å². The van der Waals surface area contributed by atoms with E-state index in [4.69, 9.17) is 0 Å². The minimum absolute atomic E-state index is 0.0321. The van der Waals surface area contributed by atoms with Gasteiger partial charge in [-0.25, -0.2) is 0 Å². The van der Waals surface area contributed by atoms with Crippen LogP contribution in [-0.4, -0.2) is 47.8 Å². The molecule has 4 rings (SSSR count). The molecule has 2 heterocycles. The average molecular weight is 462 g/mol. The van der Waals surface area contributed by atoms with Crippen molar-refractivity contribution in [2.75, 3.05) is 31.5 Å². The highest BCUT2D eigenvalue weighted by molar-refractivity contribution is 5.91. The molecule has 2 amide bonds. The van der Waals surface area contributed by atoms with Gasteiger partial charge in [0.15, 0.2) is 0 Å². The topological polar surface area (TPSA) is 52.7 Å². The number of nitrogens with one attached hydrogen (secondary N) is 1. The fourth-order valence-corrected chi connectivity index (χ4v) is 5.27. The maximum Gasteiger partial charge on any atom is 0.227 e. The van der Waals surface area contributed by atoms with Gasteiger partial charge in [0.25, 0.3) is 0 Å². The van der Waals surface area contributed by atoms with Crippen LogP contribution < -0.4 is 5.32 Å². The molecule has 0 aromatic heterocycles. The maximum atomic E-state index is 13.5. The summed E-state index contributed by atoms with van der Waals surface area (Å²) in [6.07, 6.45) is 4.48. The van der Waals surface area contributed by atoms with Crippen LogP contribution in [0.2, 0.25) is 0 Å². The smallest absolute Gasteiger partial charge is 0.227 e. The van der Waals surface area contributed by atoms with Crippen molar-refractivity contribution >= 4 is 17.5 Å². The molecule has 2 aromatic rings. The van der Waals surface area contributed by atoms with Crippen LogP contribution in [0.4, 0.5) is 5.69 Å². The van der Waals surface area contributed by atoms with E-state index in [1.54, 1.807) is 0 Å². The van der Waals surface area contributed by atoms with E-state index in [0.717, 1.165) is 57.5 Å². The molecule has 2 aromatic carbocycles. The van der Waals surface area contributed by atoms with Crippen LogP contribution in [0.3, 0.4) is 0 Å². The quantitative estimate of drug-likeness (QED) is 0.686. The first-order chi connectivity index (χ1) is 16.3. The Labute approximate surface area is 204 Å². The number of anilines is 1. The van der Waals surface area contributed by atoms with Gasteiger partial charge in [-0.3, -0.25) is 9.59 Å². The second-order valence-corrected chi connectivity index (χ2v) is 10.3. The molecule has 0 spiro atoms. The van der Waals surface area contributed by atoms with E-state index in [2.05, 4.69) is 54.9 Å². The number of hydrogen-bond donors (Lipinski definition) is 1. The minimum Gasteiger partial charge on any atom is -0.338 e. The summed E-state index contributed by atoms with van der Waals surface area (Å²) in [5.74, 6) is 0.353. The Morgan fingerprint density at radius 2 is 1.65 bits per heavy atom. The van der Waals surface area contributed by atoms with E-state index in [9.17, 15) is 9.59 Å². The number of rotatable bonds is 5. The number of aryl methyl sites for hydroxylation is 5. The van der Waals surface area contributed by atoms with Crippen LogP contribution in [0.25, 0.3) is 0 Å². The highest BCUT2D eigenvalue weighted by Gasteiger charge is 2.30. The lowest BCUT2D eigenvalue weighted by molar-refractivity contribution is -0.138. The summed E-state index contributed by atoms with van der Waals surface area (Å²) in [7, 11) is 0. The lowest BCUT2D eigenvalue weighted by atomic mass is 9.95. The SMILES string of the molecule is Cc1ccc(NC(=O)CCN2CCCC(C(=O)N3CCCc4cc(C)c(C)cc4C3)C2)cc1C. The molecule has 1 N–H and O–H groups in total. The summed E-state index contributed by atoms with van der Waals surface area (Å²) in [4.78, 5) is 30.4. The van der Waals surface area contributed by atoms with E-state index in [1.807, 2.05) is 18.2 Å². The van der Waals surface area contributed by atoms with Gasteiger partial charge in [-0.2, -0.15) is 0 Å². The number of likely N-dealkylation sites (tertiary alicyclic amines) is 1. The van der Waals surface area contributed by atoms with Gasteiger partial charge in [-0.1, -0.05) is 18.2 Å². The van der Waals surface area contributed by atoms with Gasteiger partial charge in [-0.15, -0.1) is 0 Å². The van der Waals surface area contributed by atoms with Gasteiger partial charge < -0.3 is 15.1 Å². The lowest BCUT2D eigenvalue weighted by Gasteiger charge is -2.34. The van der Waals surface area contributed by atoms with Crippen molar-refractivity contribution in [3.05, 3.63) is 63.7 Å². The normalized spacial score (nSPS) is 18.8. The number of carbonyl (C=O) groups is 2. The third-order valence-corrected chi connectivity index (χ3v) is 7.66. The molecule has 0 bridgehead atoms. The van der Waals surface area contributed by atoms with Gasteiger partial charge in [0.05, 0.1) is 5.92 Å². The first-order valence-corrected chi connectivity index (χ1v) is 12.8. The molecule has 0 radical (unpaired) electrons. The Balaban J connectivity index is 1.31. The van der Waals surface area contributed by atoms with E-state index < -0.39 is 0 Å². The minimum atomic E-state index is 0.0321. The molecule has 182 valence electrons. The summed E-state index contributed by atoms with van der Waals surface area (Å²) in [5, 5.41) is 3.02. The molecule has 0 saturated carbocycles. The number of nitrogens with zero attached hydrogens (tertiary/aromatic N) is 2. The summed E-state index contributed by atoms with van der Waals surface area (Å²) >= 11 is 0. The second-order valence-electron chi connectivity index (χ2n) is 10.3. The van der Waals surface area contributed by atoms with Crippen molar-refractivity contribution in [3.8, 4) is 0 Å². The molecule has 1 unspecified atom stereocenters. The fraction of sp³-hybridized carbons (Fsp3) is 0.517. The van der Waals surface area contributed by atoms with Crippen LogP contribution in [0.1, 0.15) is 59.1 Å². The zero-order valence-corrected chi connectivity index (χ0v) is 21.2.